The summed E-state index contributed by atoms with van der Waals surface area (Å²) in [4.78, 5) is 33.3. The zero-order valence-electron chi connectivity index (χ0n) is 14.7. The van der Waals surface area contributed by atoms with Gasteiger partial charge in [-0.3, -0.25) is 9.59 Å². The van der Waals surface area contributed by atoms with E-state index in [1.54, 1.807) is 4.90 Å². The SMILES string of the molecule is CN(CCC1CCCCO1)C(=O)CCc1nc2ccccc2[nH]c1=O. The van der Waals surface area contributed by atoms with Crippen molar-refractivity contribution in [2.75, 3.05) is 20.2 Å². The number of para-hydroxylation sites is 2. The van der Waals surface area contributed by atoms with Crippen molar-refractivity contribution in [3.63, 3.8) is 0 Å². The molecule has 1 aromatic heterocycles. The minimum absolute atomic E-state index is 0.0326. The van der Waals surface area contributed by atoms with Gasteiger partial charge in [0.25, 0.3) is 5.56 Å². The van der Waals surface area contributed by atoms with E-state index in [0.29, 0.717) is 24.2 Å². The molecule has 1 aromatic carbocycles. The molecule has 1 unspecified atom stereocenters. The van der Waals surface area contributed by atoms with Crippen LogP contribution >= 0.6 is 0 Å². The number of nitrogens with one attached hydrogen (secondary N) is 1. The molecule has 1 saturated heterocycles. The Morgan fingerprint density at radius 2 is 2.20 bits per heavy atom. The number of fused-ring (bicyclic) bond motifs is 1. The molecule has 0 radical (unpaired) electrons. The zero-order chi connectivity index (χ0) is 17.6. The van der Waals surface area contributed by atoms with Crippen molar-refractivity contribution >= 4 is 16.9 Å². The molecule has 0 spiro atoms. The van der Waals surface area contributed by atoms with Crippen LogP contribution in [-0.2, 0) is 16.0 Å². The van der Waals surface area contributed by atoms with Crippen molar-refractivity contribution in [1.29, 1.82) is 0 Å². The van der Waals surface area contributed by atoms with Crippen LogP contribution in [0.4, 0.5) is 0 Å². The van der Waals surface area contributed by atoms with Gasteiger partial charge in [0.2, 0.25) is 5.91 Å². The van der Waals surface area contributed by atoms with Crippen LogP contribution in [0.3, 0.4) is 0 Å². The van der Waals surface area contributed by atoms with E-state index in [0.717, 1.165) is 31.4 Å². The number of hydrogen-bond acceptors (Lipinski definition) is 4. The van der Waals surface area contributed by atoms with Gasteiger partial charge in [-0.25, -0.2) is 4.98 Å². The second kappa shape index (κ2) is 8.25. The van der Waals surface area contributed by atoms with Gasteiger partial charge in [-0.05, 0) is 37.8 Å². The number of benzene rings is 1. The molecule has 2 aromatic rings. The molecule has 6 heteroatoms. The summed E-state index contributed by atoms with van der Waals surface area (Å²) in [5.74, 6) is 0.0326. The quantitative estimate of drug-likeness (QED) is 0.873. The lowest BCUT2D eigenvalue weighted by atomic mass is 10.1. The third-order valence-corrected chi connectivity index (χ3v) is 4.73. The highest BCUT2D eigenvalue weighted by Gasteiger charge is 2.17. The number of H-pyrrole nitrogens is 1. The third-order valence-electron chi connectivity index (χ3n) is 4.73. The Hall–Kier alpha value is -2.21. The average Bonchev–Trinajstić information content (AvgIpc) is 2.65. The normalized spacial score (nSPS) is 17.6. The highest BCUT2D eigenvalue weighted by molar-refractivity contribution is 5.76. The molecule has 25 heavy (non-hydrogen) atoms. The largest absolute Gasteiger partial charge is 0.378 e. The number of amides is 1. The number of aromatic nitrogens is 2. The molecule has 1 amide bonds. The molecule has 0 aliphatic carbocycles. The maximum atomic E-state index is 12.3. The number of ether oxygens (including phenoxy) is 1. The van der Waals surface area contributed by atoms with Crippen LogP contribution in [-0.4, -0.2) is 47.1 Å². The van der Waals surface area contributed by atoms with E-state index in [4.69, 9.17) is 4.74 Å². The first-order valence-electron chi connectivity index (χ1n) is 8.97. The summed E-state index contributed by atoms with van der Waals surface area (Å²) in [5, 5.41) is 0. The summed E-state index contributed by atoms with van der Waals surface area (Å²) in [6, 6.07) is 7.41. The fraction of sp³-hybridized carbons (Fsp3) is 0.526. The van der Waals surface area contributed by atoms with Crippen molar-refractivity contribution in [2.45, 2.75) is 44.6 Å². The van der Waals surface area contributed by atoms with E-state index in [1.165, 1.54) is 6.42 Å². The summed E-state index contributed by atoms with van der Waals surface area (Å²) in [5.41, 5.74) is 1.65. The molecule has 3 rings (SSSR count). The summed E-state index contributed by atoms with van der Waals surface area (Å²) in [6.45, 7) is 1.52. The molecule has 0 bridgehead atoms. The number of nitrogens with zero attached hydrogens (tertiary/aromatic N) is 2. The summed E-state index contributed by atoms with van der Waals surface area (Å²) in [7, 11) is 1.81. The van der Waals surface area contributed by atoms with Crippen molar-refractivity contribution in [3.8, 4) is 0 Å². The monoisotopic (exact) mass is 343 g/mol. The molecule has 134 valence electrons. The fourth-order valence-electron chi connectivity index (χ4n) is 3.15. The van der Waals surface area contributed by atoms with Crippen molar-refractivity contribution in [1.82, 2.24) is 14.9 Å². The average molecular weight is 343 g/mol. The Morgan fingerprint density at radius 1 is 1.36 bits per heavy atom. The van der Waals surface area contributed by atoms with Crippen LogP contribution < -0.4 is 5.56 Å². The van der Waals surface area contributed by atoms with Gasteiger partial charge in [0.15, 0.2) is 0 Å². The standard InChI is InChI=1S/C19H25N3O3/c1-22(12-11-14-6-4-5-13-25-14)18(23)10-9-17-19(24)21-16-8-3-2-7-15(16)20-17/h2-3,7-8,14H,4-6,9-13H2,1H3,(H,21,24). The first-order chi connectivity index (χ1) is 12.1. The second-order valence-corrected chi connectivity index (χ2v) is 6.62. The number of carbonyl (C=O) groups excluding carboxylic acids is 1. The van der Waals surface area contributed by atoms with Gasteiger partial charge in [-0.1, -0.05) is 12.1 Å². The Balaban J connectivity index is 1.52. The van der Waals surface area contributed by atoms with Gasteiger partial charge in [0, 0.05) is 33.0 Å². The van der Waals surface area contributed by atoms with E-state index >= 15 is 0 Å². The summed E-state index contributed by atoms with van der Waals surface area (Å²) < 4.78 is 5.70. The number of hydrogen-bond donors (Lipinski definition) is 1. The third kappa shape index (κ3) is 4.66. The number of aryl methyl sites for hydroxylation is 1. The molecule has 6 nitrogen and oxygen atoms in total. The van der Waals surface area contributed by atoms with Crippen LogP contribution in [0.5, 0.6) is 0 Å². The van der Waals surface area contributed by atoms with E-state index < -0.39 is 0 Å². The predicted molar refractivity (Wildman–Crippen MR) is 96.5 cm³/mol. The van der Waals surface area contributed by atoms with Gasteiger partial charge in [0.1, 0.15) is 5.69 Å². The Morgan fingerprint density at radius 3 is 3.00 bits per heavy atom. The van der Waals surface area contributed by atoms with Gasteiger partial charge in [-0.15, -0.1) is 0 Å². The number of carbonyl (C=O) groups is 1. The van der Waals surface area contributed by atoms with E-state index in [2.05, 4.69) is 9.97 Å². The lowest BCUT2D eigenvalue weighted by Crippen LogP contribution is -2.32. The Kier molecular flexibility index (Phi) is 5.81. The molecular weight excluding hydrogens is 318 g/mol. The fourth-order valence-corrected chi connectivity index (χ4v) is 3.15. The van der Waals surface area contributed by atoms with Crippen LogP contribution in [0.2, 0.25) is 0 Å². The molecule has 0 saturated carbocycles. The molecular formula is C19H25N3O3. The molecule has 1 atom stereocenters. The molecule has 1 fully saturated rings. The maximum Gasteiger partial charge on any atom is 0.270 e. The molecule has 1 aliphatic rings. The first kappa shape index (κ1) is 17.6. The first-order valence-corrected chi connectivity index (χ1v) is 8.97. The Labute approximate surface area is 147 Å². The van der Waals surface area contributed by atoms with Crippen molar-refractivity contribution in [2.24, 2.45) is 0 Å². The van der Waals surface area contributed by atoms with Crippen molar-refractivity contribution in [3.05, 3.63) is 40.3 Å². The summed E-state index contributed by atoms with van der Waals surface area (Å²) >= 11 is 0. The highest BCUT2D eigenvalue weighted by atomic mass is 16.5. The van der Waals surface area contributed by atoms with E-state index in [-0.39, 0.29) is 24.0 Å². The Bertz CT molecular complexity index is 781. The van der Waals surface area contributed by atoms with Gasteiger partial charge < -0.3 is 14.6 Å². The van der Waals surface area contributed by atoms with E-state index in [1.807, 2.05) is 31.3 Å². The van der Waals surface area contributed by atoms with Gasteiger partial charge >= 0.3 is 0 Å². The second-order valence-electron chi connectivity index (χ2n) is 6.62. The topological polar surface area (TPSA) is 75.3 Å². The predicted octanol–water partition coefficient (Wildman–Crippen LogP) is 2.27. The van der Waals surface area contributed by atoms with Crippen molar-refractivity contribution < 1.29 is 9.53 Å². The van der Waals surface area contributed by atoms with Crippen LogP contribution in [0.25, 0.3) is 11.0 Å². The van der Waals surface area contributed by atoms with Crippen LogP contribution in [0.1, 0.15) is 37.8 Å². The molecule has 2 heterocycles. The maximum absolute atomic E-state index is 12.3. The lowest BCUT2D eigenvalue weighted by molar-refractivity contribution is -0.130. The zero-order valence-corrected chi connectivity index (χ0v) is 14.7. The summed E-state index contributed by atoms with van der Waals surface area (Å²) in [6.07, 6.45) is 5.21. The number of rotatable bonds is 6. The van der Waals surface area contributed by atoms with Crippen LogP contribution in [0.15, 0.2) is 29.1 Å². The van der Waals surface area contributed by atoms with E-state index in [9.17, 15) is 9.59 Å². The molecule has 1 N–H and O–H groups in total. The molecule has 1 aliphatic heterocycles. The van der Waals surface area contributed by atoms with Gasteiger partial charge in [0.05, 0.1) is 17.1 Å². The lowest BCUT2D eigenvalue weighted by Gasteiger charge is -2.25. The van der Waals surface area contributed by atoms with Crippen LogP contribution in [0, 0.1) is 0 Å². The minimum Gasteiger partial charge on any atom is -0.378 e. The number of aromatic amines is 1. The minimum atomic E-state index is -0.218. The smallest absolute Gasteiger partial charge is 0.270 e. The highest BCUT2D eigenvalue weighted by Crippen LogP contribution is 2.16. The van der Waals surface area contributed by atoms with Gasteiger partial charge in [-0.2, -0.15) is 0 Å².